The largest absolute Gasteiger partial charge is 0.358 e. The average molecular weight is 106 g/mol. The molecule has 0 fully saturated rings. The van der Waals surface area contributed by atoms with Crippen molar-refractivity contribution in [1.29, 1.82) is 0 Å². The third-order valence-electron chi connectivity index (χ3n) is 0.616. The van der Waals surface area contributed by atoms with Crippen LogP contribution in [0.25, 0.3) is 0 Å². The molecular formula is C4H14N2O. The van der Waals surface area contributed by atoms with E-state index >= 15 is 0 Å². The van der Waals surface area contributed by atoms with Crippen molar-refractivity contribution in [3.63, 3.8) is 0 Å². The summed E-state index contributed by atoms with van der Waals surface area (Å²) in [4.78, 5) is 10.2. The predicted molar refractivity (Wildman–Crippen MR) is 32.2 cm³/mol. The maximum absolute atomic E-state index is 10.2. The van der Waals surface area contributed by atoms with Crippen LogP contribution in [0.5, 0.6) is 0 Å². The second kappa shape index (κ2) is 3.61. The molecule has 3 heteroatoms. The van der Waals surface area contributed by atoms with Gasteiger partial charge in [-0.25, -0.2) is 0 Å². The highest BCUT2D eigenvalue weighted by Crippen LogP contribution is 1.52. The Morgan fingerprint density at radius 1 is 1.71 bits per heavy atom. The molecule has 0 heterocycles. The van der Waals surface area contributed by atoms with E-state index in [1.165, 1.54) is 0 Å². The lowest BCUT2D eigenvalue weighted by Crippen LogP contribution is -2.28. The number of rotatable bonds is 2. The Labute approximate surface area is 46.1 Å². The summed E-state index contributed by atoms with van der Waals surface area (Å²) < 4.78 is 0. The Hall–Kier alpha value is -0.570. The van der Waals surface area contributed by atoms with Gasteiger partial charge in [0.15, 0.2) is 0 Å². The van der Waals surface area contributed by atoms with E-state index < -0.39 is 0 Å². The molecule has 7 heavy (non-hydrogen) atoms. The van der Waals surface area contributed by atoms with Crippen molar-refractivity contribution in [2.24, 2.45) is 0 Å². The minimum Gasteiger partial charge on any atom is -0.358 e. The summed E-state index contributed by atoms with van der Waals surface area (Å²) in [6.45, 7) is 0.399. The second-order valence-corrected chi connectivity index (χ2v) is 1.20. The first-order valence-electron chi connectivity index (χ1n) is 2.16. The molecular weight excluding hydrogens is 92.1 g/mol. The SMILES string of the molecule is CNCC(=O)NC.[HH].[HH]. The summed E-state index contributed by atoms with van der Waals surface area (Å²) in [5.41, 5.74) is 0. The van der Waals surface area contributed by atoms with E-state index in [0.717, 1.165) is 0 Å². The van der Waals surface area contributed by atoms with Crippen molar-refractivity contribution < 1.29 is 7.65 Å². The van der Waals surface area contributed by atoms with Gasteiger partial charge >= 0.3 is 0 Å². The molecule has 0 spiro atoms. The van der Waals surface area contributed by atoms with Gasteiger partial charge < -0.3 is 10.6 Å². The van der Waals surface area contributed by atoms with E-state index in [0.29, 0.717) is 6.54 Å². The molecule has 1 amide bonds. The number of carbonyl (C=O) groups excluding carboxylic acids is 1. The van der Waals surface area contributed by atoms with Crippen LogP contribution in [0.3, 0.4) is 0 Å². The van der Waals surface area contributed by atoms with Crippen molar-refractivity contribution in [2.75, 3.05) is 20.6 Å². The Morgan fingerprint density at radius 2 is 2.29 bits per heavy atom. The van der Waals surface area contributed by atoms with Crippen LogP contribution < -0.4 is 10.6 Å². The zero-order valence-electron chi connectivity index (χ0n) is 4.62. The van der Waals surface area contributed by atoms with Gasteiger partial charge in [0.25, 0.3) is 0 Å². The van der Waals surface area contributed by atoms with Crippen molar-refractivity contribution >= 4 is 5.91 Å². The lowest BCUT2D eigenvalue weighted by molar-refractivity contribution is -0.119. The molecule has 0 aromatic rings. The van der Waals surface area contributed by atoms with E-state index in [4.69, 9.17) is 0 Å². The van der Waals surface area contributed by atoms with Crippen LogP contribution in [-0.2, 0) is 4.79 Å². The average Bonchev–Trinajstić information content (AvgIpc) is 1.68. The molecule has 3 nitrogen and oxygen atoms in total. The van der Waals surface area contributed by atoms with E-state index in [1.807, 2.05) is 0 Å². The maximum atomic E-state index is 10.2. The molecule has 0 aliphatic rings. The zero-order chi connectivity index (χ0) is 5.70. The lowest BCUT2D eigenvalue weighted by Gasteiger charge is -1.93. The van der Waals surface area contributed by atoms with Crippen LogP contribution in [0.2, 0.25) is 0 Å². The molecule has 0 atom stereocenters. The molecule has 0 aliphatic heterocycles. The lowest BCUT2D eigenvalue weighted by atomic mass is 10.6. The Bertz CT molecular complexity index is 69.6. The van der Waals surface area contributed by atoms with Gasteiger partial charge in [0, 0.05) is 9.90 Å². The third-order valence-corrected chi connectivity index (χ3v) is 0.616. The zero-order valence-corrected chi connectivity index (χ0v) is 4.62. The van der Waals surface area contributed by atoms with Gasteiger partial charge in [-0.15, -0.1) is 0 Å². The Morgan fingerprint density at radius 3 is 2.43 bits per heavy atom. The van der Waals surface area contributed by atoms with Crippen LogP contribution in [0.1, 0.15) is 2.85 Å². The first-order chi connectivity index (χ1) is 3.31. The number of amides is 1. The summed E-state index contributed by atoms with van der Waals surface area (Å²) in [6, 6.07) is 0. The molecule has 0 bridgehead atoms. The van der Waals surface area contributed by atoms with Gasteiger partial charge in [-0.05, 0) is 7.05 Å². The highest BCUT2D eigenvalue weighted by molar-refractivity contribution is 5.77. The number of carbonyl (C=O) groups is 1. The van der Waals surface area contributed by atoms with E-state index in [1.54, 1.807) is 14.1 Å². The Balaban J connectivity index is -0.000000180. The molecule has 0 aromatic carbocycles. The number of hydrogen-bond donors (Lipinski definition) is 2. The third kappa shape index (κ3) is 3.26. The summed E-state index contributed by atoms with van der Waals surface area (Å²) in [6.07, 6.45) is 0. The summed E-state index contributed by atoms with van der Waals surface area (Å²) >= 11 is 0. The number of hydrogen-bond acceptors (Lipinski definition) is 2. The van der Waals surface area contributed by atoms with Crippen LogP contribution in [-0.4, -0.2) is 26.5 Å². The molecule has 2 N–H and O–H groups in total. The standard InChI is InChI=1S/C4H10N2O.2H2/c1-5-3-4(7)6-2;;/h5H,3H2,1-2H3,(H,6,7);2*1H. The van der Waals surface area contributed by atoms with Crippen LogP contribution in [0.15, 0.2) is 0 Å². The van der Waals surface area contributed by atoms with Crippen molar-refractivity contribution in [2.45, 2.75) is 0 Å². The fourth-order valence-corrected chi connectivity index (χ4v) is 0.249. The molecule has 0 saturated carbocycles. The normalized spacial score (nSPS) is 8.29. The van der Waals surface area contributed by atoms with Crippen LogP contribution in [0.4, 0.5) is 0 Å². The molecule has 46 valence electrons. The van der Waals surface area contributed by atoms with Gasteiger partial charge in [0.2, 0.25) is 5.91 Å². The van der Waals surface area contributed by atoms with Gasteiger partial charge in [-0.3, -0.25) is 4.79 Å². The van der Waals surface area contributed by atoms with Crippen molar-refractivity contribution in [3.8, 4) is 0 Å². The minimum atomic E-state index is 0. The summed E-state index contributed by atoms with van der Waals surface area (Å²) in [7, 11) is 3.34. The van der Waals surface area contributed by atoms with Gasteiger partial charge in [-0.1, -0.05) is 0 Å². The van der Waals surface area contributed by atoms with Crippen molar-refractivity contribution in [1.82, 2.24) is 10.6 Å². The monoisotopic (exact) mass is 106 g/mol. The molecule has 0 aliphatic carbocycles. The molecule has 0 radical (unpaired) electrons. The van der Waals surface area contributed by atoms with Crippen molar-refractivity contribution in [3.05, 3.63) is 0 Å². The molecule has 0 aromatic heterocycles. The van der Waals surface area contributed by atoms with Gasteiger partial charge in [0.05, 0.1) is 6.54 Å². The Kier molecular flexibility index (Phi) is 3.32. The number of likely N-dealkylation sites (N-methyl/N-ethyl adjacent to an activating group) is 2. The first-order valence-corrected chi connectivity index (χ1v) is 2.16. The molecule has 0 unspecified atom stereocenters. The minimum absolute atomic E-state index is 0. The van der Waals surface area contributed by atoms with Crippen LogP contribution in [0, 0.1) is 0 Å². The first kappa shape index (κ1) is 6.43. The predicted octanol–water partition coefficient (Wildman–Crippen LogP) is -0.556. The molecule has 0 rings (SSSR count). The number of nitrogens with one attached hydrogen (secondary N) is 2. The highest BCUT2D eigenvalue weighted by atomic mass is 16.1. The van der Waals surface area contributed by atoms with E-state index in [2.05, 4.69) is 10.6 Å². The fraction of sp³-hybridized carbons (Fsp3) is 0.750. The van der Waals surface area contributed by atoms with Gasteiger partial charge in [-0.2, -0.15) is 0 Å². The van der Waals surface area contributed by atoms with E-state index in [-0.39, 0.29) is 8.76 Å². The smallest absolute Gasteiger partial charge is 0.233 e. The quantitative estimate of drug-likeness (QED) is 0.495. The van der Waals surface area contributed by atoms with Crippen LogP contribution >= 0.6 is 0 Å². The molecule has 0 saturated heterocycles. The summed E-state index contributed by atoms with van der Waals surface area (Å²) in [5, 5.41) is 5.17. The van der Waals surface area contributed by atoms with E-state index in [9.17, 15) is 4.79 Å². The second-order valence-electron chi connectivity index (χ2n) is 1.20. The fourth-order valence-electron chi connectivity index (χ4n) is 0.249. The highest BCUT2D eigenvalue weighted by Gasteiger charge is 1.88. The topological polar surface area (TPSA) is 41.1 Å². The van der Waals surface area contributed by atoms with Gasteiger partial charge in [0.1, 0.15) is 0 Å². The maximum Gasteiger partial charge on any atom is 0.233 e. The summed E-state index contributed by atoms with van der Waals surface area (Å²) in [5.74, 6) is 0.0162.